The molecule has 0 aromatic heterocycles. The highest BCUT2D eigenvalue weighted by Crippen LogP contribution is 2.75. The Kier molecular flexibility index (Phi) is 5.74. The summed E-state index contributed by atoms with van der Waals surface area (Å²) >= 11 is 0. The second kappa shape index (κ2) is 7.85. The third kappa shape index (κ3) is 3.30. The molecule has 0 amide bonds. The third-order valence-electron chi connectivity index (χ3n) is 13.3. The first-order valence-electron chi connectivity index (χ1n) is 14.6. The lowest BCUT2D eigenvalue weighted by Gasteiger charge is -2.71. The van der Waals surface area contributed by atoms with E-state index in [1.165, 1.54) is 12.0 Å². The van der Waals surface area contributed by atoms with Crippen LogP contribution >= 0.6 is 0 Å². The van der Waals surface area contributed by atoms with E-state index in [0.29, 0.717) is 11.8 Å². The Bertz CT molecular complexity index is 992. The molecular formula is C32H50O4. The normalized spacial score (nSPS) is 48.8. The summed E-state index contributed by atoms with van der Waals surface area (Å²) < 4.78 is 5.87. The van der Waals surface area contributed by atoms with Gasteiger partial charge in [-0.3, -0.25) is 9.59 Å². The minimum Gasteiger partial charge on any atom is -0.481 e. The molecule has 0 aromatic carbocycles. The number of fused-ring (bicyclic) bond motifs is 7. The van der Waals surface area contributed by atoms with E-state index in [9.17, 15) is 14.7 Å². The minimum absolute atomic E-state index is 0.00181. The van der Waals surface area contributed by atoms with Crippen molar-refractivity contribution in [2.24, 2.45) is 50.2 Å². The molecule has 0 heterocycles. The quantitative estimate of drug-likeness (QED) is 0.311. The first-order chi connectivity index (χ1) is 16.5. The number of ether oxygens (including phenoxy) is 1. The number of allylic oxidation sites excluding steroid dienone is 2. The Balaban J connectivity index is 1.55. The monoisotopic (exact) mass is 498 g/mol. The molecular weight excluding hydrogens is 448 g/mol. The van der Waals surface area contributed by atoms with Gasteiger partial charge in [0.05, 0.1) is 5.41 Å². The van der Waals surface area contributed by atoms with Crippen molar-refractivity contribution >= 4 is 11.9 Å². The summed E-state index contributed by atoms with van der Waals surface area (Å²) in [6.07, 6.45) is 12.6. The highest BCUT2D eigenvalue weighted by Gasteiger charge is 2.69. The molecule has 0 aliphatic heterocycles. The van der Waals surface area contributed by atoms with Crippen LogP contribution in [0.5, 0.6) is 0 Å². The highest BCUT2D eigenvalue weighted by atomic mass is 16.5. The van der Waals surface area contributed by atoms with E-state index in [0.717, 1.165) is 57.8 Å². The first kappa shape index (κ1) is 26.3. The molecule has 4 fully saturated rings. The van der Waals surface area contributed by atoms with E-state index in [2.05, 4.69) is 54.5 Å². The molecule has 0 aromatic rings. The predicted molar refractivity (Wildman–Crippen MR) is 142 cm³/mol. The molecule has 0 spiro atoms. The van der Waals surface area contributed by atoms with Crippen LogP contribution < -0.4 is 0 Å². The van der Waals surface area contributed by atoms with Crippen LogP contribution in [0.3, 0.4) is 0 Å². The second-order valence-corrected chi connectivity index (χ2v) is 15.6. The van der Waals surface area contributed by atoms with Gasteiger partial charge in [-0.25, -0.2) is 0 Å². The Morgan fingerprint density at radius 2 is 1.56 bits per heavy atom. The van der Waals surface area contributed by atoms with Crippen LogP contribution in [0.2, 0.25) is 0 Å². The Labute approximate surface area is 219 Å². The Morgan fingerprint density at radius 1 is 0.889 bits per heavy atom. The summed E-state index contributed by atoms with van der Waals surface area (Å²) in [6.45, 7) is 18.5. The number of carboxylic acids is 1. The summed E-state index contributed by atoms with van der Waals surface area (Å²) in [6, 6.07) is 0. The van der Waals surface area contributed by atoms with Gasteiger partial charge in [0, 0.05) is 12.3 Å². The number of rotatable bonds is 2. The summed E-state index contributed by atoms with van der Waals surface area (Å²) in [5, 5.41) is 10.5. The summed E-state index contributed by atoms with van der Waals surface area (Å²) in [7, 11) is 0. The Morgan fingerprint density at radius 3 is 2.19 bits per heavy atom. The van der Waals surface area contributed by atoms with E-state index in [1.54, 1.807) is 6.92 Å². The number of aliphatic carboxylic acids is 1. The van der Waals surface area contributed by atoms with Gasteiger partial charge in [0.25, 0.3) is 0 Å². The van der Waals surface area contributed by atoms with Crippen molar-refractivity contribution in [3.05, 3.63) is 11.6 Å². The average molecular weight is 499 g/mol. The third-order valence-corrected chi connectivity index (χ3v) is 13.3. The van der Waals surface area contributed by atoms with Crippen LogP contribution in [-0.4, -0.2) is 23.1 Å². The zero-order valence-corrected chi connectivity index (χ0v) is 24.1. The molecule has 4 nitrogen and oxygen atoms in total. The maximum atomic E-state index is 12.8. The van der Waals surface area contributed by atoms with E-state index < -0.39 is 11.4 Å². The number of esters is 1. The highest BCUT2D eigenvalue weighted by molar-refractivity contribution is 5.76. The van der Waals surface area contributed by atoms with E-state index >= 15 is 0 Å². The predicted octanol–water partition coefficient (Wildman–Crippen LogP) is 7.80. The standard InChI is InChI=1S/C32H50O4/c1-20(33)36-25-12-13-29(6)23(28(25,4)5)11-14-31(8)24(29)10-9-21-22-19-27(2,3)15-17-32(22,26(34)35)18-16-30(21,31)7/h9,22-25H,10-19H2,1-8H3,(H,34,35)/t22-,23?,24?,25?,29?,30?,31?,32?/m0/s1. The van der Waals surface area contributed by atoms with Crippen molar-refractivity contribution in [2.45, 2.75) is 126 Å². The topological polar surface area (TPSA) is 63.6 Å². The lowest BCUT2D eigenvalue weighted by Crippen LogP contribution is -2.65. The van der Waals surface area contributed by atoms with Gasteiger partial charge in [-0.2, -0.15) is 0 Å². The van der Waals surface area contributed by atoms with Gasteiger partial charge in [-0.05, 0) is 104 Å². The molecule has 7 unspecified atom stereocenters. The van der Waals surface area contributed by atoms with Gasteiger partial charge in [0.1, 0.15) is 6.10 Å². The van der Waals surface area contributed by atoms with Gasteiger partial charge >= 0.3 is 11.9 Å². The van der Waals surface area contributed by atoms with Gasteiger partial charge in [0.15, 0.2) is 0 Å². The zero-order valence-electron chi connectivity index (χ0n) is 24.1. The van der Waals surface area contributed by atoms with Crippen LogP contribution in [0.1, 0.15) is 120 Å². The van der Waals surface area contributed by atoms with Crippen molar-refractivity contribution in [3.63, 3.8) is 0 Å². The van der Waals surface area contributed by atoms with Gasteiger partial charge in [-0.1, -0.05) is 60.1 Å². The zero-order chi connectivity index (χ0) is 26.5. The lowest BCUT2D eigenvalue weighted by atomic mass is 9.33. The maximum absolute atomic E-state index is 12.8. The number of carbonyl (C=O) groups is 2. The number of carbonyl (C=O) groups excluding carboxylic acids is 1. The van der Waals surface area contributed by atoms with Crippen molar-refractivity contribution in [2.75, 3.05) is 0 Å². The second-order valence-electron chi connectivity index (χ2n) is 15.6. The molecule has 4 heteroatoms. The number of hydrogen-bond donors (Lipinski definition) is 1. The largest absolute Gasteiger partial charge is 0.481 e. The van der Waals surface area contributed by atoms with Crippen molar-refractivity contribution in [1.82, 2.24) is 0 Å². The maximum Gasteiger partial charge on any atom is 0.310 e. The molecule has 5 rings (SSSR count). The van der Waals surface area contributed by atoms with Crippen molar-refractivity contribution < 1.29 is 19.4 Å². The number of hydrogen-bond acceptors (Lipinski definition) is 3. The molecule has 1 N–H and O–H groups in total. The molecule has 0 bridgehead atoms. The van der Waals surface area contributed by atoms with Crippen molar-refractivity contribution in [1.29, 1.82) is 0 Å². The van der Waals surface area contributed by atoms with Crippen LogP contribution in [0, 0.1) is 50.2 Å². The SMILES string of the molecule is CC(=O)OC1CCC2(C)C(CCC3(C)C2CC=C2[C@@H]4CC(C)(C)CCC4(C(=O)O)CCC23C)C1(C)C. The fourth-order valence-electron chi connectivity index (χ4n) is 11.0. The average Bonchev–Trinajstić information content (AvgIpc) is 2.75. The molecule has 8 atom stereocenters. The molecule has 4 saturated carbocycles. The van der Waals surface area contributed by atoms with Gasteiger partial charge < -0.3 is 9.84 Å². The summed E-state index contributed by atoms with van der Waals surface area (Å²) in [5.74, 6) is 0.546. The summed E-state index contributed by atoms with van der Waals surface area (Å²) in [4.78, 5) is 24.7. The van der Waals surface area contributed by atoms with E-state index in [4.69, 9.17) is 4.74 Å². The van der Waals surface area contributed by atoms with Crippen molar-refractivity contribution in [3.8, 4) is 0 Å². The van der Waals surface area contributed by atoms with Crippen LogP contribution in [0.4, 0.5) is 0 Å². The lowest BCUT2D eigenvalue weighted by molar-refractivity contribution is -0.213. The van der Waals surface area contributed by atoms with Crippen LogP contribution in [0.15, 0.2) is 11.6 Å². The van der Waals surface area contributed by atoms with Gasteiger partial charge in [0.2, 0.25) is 0 Å². The molecule has 36 heavy (non-hydrogen) atoms. The Hall–Kier alpha value is -1.32. The summed E-state index contributed by atoms with van der Waals surface area (Å²) in [5.41, 5.74) is 1.50. The first-order valence-corrected chi connectivity index (χ1v) is 14.6. The molecule has 0 radical (unpaired) electrons. The minimum atomic E-state index is -0.574. The molecule has 5 aliphatic carbocycles. The van der Waals surface area contributed by atoms with Crippen LogP contribution in [-0.2, 0) is 14.3 Å². The fourth-order valence-corrected chi connectivity index (χ4v) is 11.0. The van der Waals surface area contributed by atoms with Gasteiger partial charge in [-0.15, -0.1) is 0 Å². The van der Waals surface area contributed by atoms with E-state index in [1.807, 2.05) is 0 Å². The molecule has 202 valence electrons. The smallest absolute Gasteiger partial charge is 0.310 e. The fraction of sp³-hybridized carbons (Fsp3) is 0.875. The molecule has 0 saturated heterocycles. The number of carboxylic acid groups (broad SMARTS) is 1. The van der Waals surface area contributed by atoms with E-state index in [-0.39, 0.29) is 45.1 Å². The van der Waals surface area contributed by atoms with Crippen LogP contribution in [0.25, 0.3) is 0 Å². The molecule has 5 aliphatic rings.